The topological polar surface area (TPSA) is 105 Å². The second-order valence-electron chi connectivity index (χ2n) is 8.58. The fraction of sp³-hybridized carbons (Fsp3) is 0.524. The van der Waals surface area contributed by atoms with Gasteiger partial charge in [0.25, 0.3) is 0 Å². The Morgan fingerprint density at radius 1 is 1.39 bits per heavy atom. The zero-order valence-electron chi connectivity index (χ0n) is 18.1. The third-order valence-corrected chi connectivity index (χ3v) is 6.81. The molecule has 0 saturated carbocycles. The molecule has 3 heterocycles. The molecular weight excluding hydrogens is 440 g/mol. The van der Waals surface area contributed by atoms with Crippen molar-refractivity contribution in [3.05, 3.63) is 27.6 Å². The Morgan fingerprint density at radius 2 is 2.06 bits per heavy atom. The molecule has 168 valence electrons. The first-order chi connectivity index (χ1) is 14.5. The van der Waals surface area contributed by atoms with Crippen LogP contribution in [0.25, 0.3) is 5.57 Å². The molecule has 10 heteroatoms. The van der Waals surface area contributed by atoms with E-state index in [9.17, 15) is 19.5 Å². The van der Waals surface area contributed by atoms with E-state index in [2.05, 4.69) is 5.32 Å². The van der Waals surface area contributed by atoms with Gasteiger partial charge in [-0.3, -0.25) is 9.59 Å². The van der Waals surface area contributed by atoms with Crippen molar-refractivity contribution >= 4 is 52.0 Å². The zero-order valence-corrected chi connectivity index (χ0v) is 19.7. The molecule has 8 nitrogen and oxygen atoms in total. The van der Waals surface area contributed by atoms with Crippen LogP contribution in [0.3, 0.4) is 0 Å². The molecule has 0 spiro atoms. The Morgan fingerprint density at radius 3 is 2.65 bits per heavy atom. The number of ether oxygens (including phenoxy) is 2. The number of nitrogens with one attached hydrogen (secondary N) is 1. The molecule has 1 saturated heterocycles. The van der Waals surface area contributed by atoms with E-state index in [-0.39, 0.29) is 17.6 Å². The summed E-state index contributed by atoms with van der Waals surface area (Å²) in [6.45, 7) is 6.10. The molecular formula is C21H26N2O6S2. The predicted octanol–water partition coefficient (Wildman–Crippen LogP) is 2.06. The first-order valence-electron chi connectivity index (χ1n) is 9.87. The van der Waals surface area contributed by atoms with Gasteiger partial charge >= 0.3 is 11.9 Å². The number of β-lactam (4-membered cyclic amide) rings is 1. The number of esters is 2. The molecule has 0 radical (unpaired) electrons. The molecule has 1 fully saturated rings. The lowest BCUT2D eigenvalue weighted by Gasteiger charge is -2.44. The van der Waals surface area contributed by atoms with Crippen molar-refractivity contribution in [2.75, 3.05) is 13.8 Å². The summed E-state index contributed by atoms with van der Waals surface area (Å²) in [7, 11) is 1.73. The number of thiophene rings is 1. The van der Waals surface area contributed by atoms with Gasteiger partial charge < -0.3 is 24.8 Å². The van der Waals surface area contributed by atoms with Gasteiger partial charge in [-0.2, -0.15) is 0 Å². The fourth-order valence-electron chi connectivity index (χ4n) is 3.67. The molecule has 1 amide bonds. The molecule has 2 unspecified atom stereocenters. The van der Waals surface area contributed by atoms with Gasteiger partial charge in [0.05, 0.1) is 28.4 Å². The van der Waals surface area contributed by atoms with Crippen LogP contribution in [0.5, 0.6) is 0 Å². The summed E-state index contributed by atoms with van der Waals surface area (Å²) in [5.41, 5.74) is 0.808. The number of hydrogen-bond acceptors (Lipinski definition) is 8. The molecule has 2 aliphatic rings. The van der Waals surface area contributed by atoms with Crippen molar-refractivity contribution in [1.29, 1.82) is 0 Å². The number of carbonyl (C=O) groups excluding carboxylic acids is 3. The summed E-state index contributed by atoms with van der Waals surface area (Å²) in [5, 5.41) is 14.8. The number of thiocarbonyl (C=S) groups is 1. The van der Waals surface area contributed by atoms with Gasteiger partial charge in [-0.05, 0) is 56.7 Å². The minimum Gasteiger partial charge on any atom is -0.427 e. The Hall–Kier alpha value is -2.30. The molecule has 1 aromatic rings. The Bertz CT molecular complexity index is 959. The number of rotatable bonds is 6. The zero-order chi connectivity index (χ0) is 23.1. The summed E-state index contributed by atoms with van der Waals surface area (Å²) in [6, 6.07) is 1.54. The van der Waals surface area contributed by atoms with Gasteiger partial charge in [0.1, 0.15) is 10.7 Å². The smallest absolute Gasteiger partial charge is 0.358 e. The quantitative estimate of drug-likeness (QED) is 0.284. The molecule has 3 rings (SSSR count). The van der Waals surface area contributed by atoms with E-state index in [0.717, 1.165) is 10.4 Å². The molecule has 0 aromatic carbocycles. The summed E-state index contributed by atoms with van der Waals surface area (Å²) >= 11 is 6.70. The van der Waals surface area contributed by atoms with Crippen LogP contribution in [0.4, 0.5) is 0 Å². The molecule has 0 aliphatic carbocycles. The first-order valence-corrected chi connectivity index (χ1v) is 11.2. The van der Waals surface area contributed by atoms with Crippen molar-refractivity contribution in [3.63, 3.8) is 0 Å². The van der Waals surface area contributed by atoms with E-state index in [1.807, 2.05) is 11.4 Å². The van der Waals surface area contributed by atoms with Crippen LogP contribution in [-0.2, 0) is 23.9 Å². The minimum atomic E-state index is -0.826. The van der Waals surface area contributed by atoms with Crippen LogP contribution in [0.2, 0.25) is 0 Å². The normalized spacial score (nSPS) is 21.4. The highest BCUT2D eigenvalue weighted by molar-refractivity contribution is 7.81. The summed E-state index contributed by atoms with van der Waals surface area (Å²) in [6.07, 6.45) is -0.413. The van der Waals surface area contributed by atoms with Crippen molar-refractivity contribution < 1.29 is 29.0 Å². The van der Waals surface area contributed by atoms with Crippen LogP contribution in [-0.4, -0.2) is 58.8 Å². The number of nitrogens with zero attached hydrogens (tertiary/aromatic N) is 1. The molecule has 31 heavy (non-hydrogen) atoms. The van der Waals surface area contributed by atoms with E-state index >= 15 is 0 Å². The van der Waals surface area contributed by atoms with Gasteiger partial charge in [0.2, 0.25) is 12.7 Å². The van der Waals surface area contributed by atoms with Crippen LogP contribution < -0.4 is 5.32 Å². The van der Waals surface area contributed by atoms with Crippen LogP contribution in [0.15, 0.2) is 17.1 Å². The van der Waals surface area contributed by atoms with Gasteiger partial charge in [-0.25, -0.2) is 4.79 Å². The lowest BCUT2D eigenvalue weighted by molar-refractivity contribution is -0.175. The molecule has 2 N–H and O–H groups in total. The highest BCUT2D eigenvalue weighted by atomic mass is 32.1. The van der Waals surface area contributed by atoms with Crippen molar-refractivity contribution in [3.8, 4) is 0 Å². The maximum absolute atomic E-state index is 12.9. The largest absolute Gasteiger partial charge is 0.427 e. The Kier molecular flexibility index (Phi) is 6.54. The standard InChI is InChI=1S/C21H26N2O6S2/c1-10(24)15-13-7-12(11-6-14(31-8-11)17(30)22-5)16(23(13)18(15)25)19(26)28-9-29-20(27)21(2,3)4/h6,8,10,13,15,24H,7,9H2,1-5H3,(H,22,30)/t10-,13?,15?/m1/s1. The summed E-state index contributed by atoms with van der Waals surface area (Å²) < 4.78 is 10.2. The molecule has 2 aliphatic heterocycles. The maximum atomic E-state index is 12.9. The van der Waals surface area contributed by atoms with E-state index in [4.69, 9.17) is 21.7 Å². The second kappa shape index (κ2) is 8.68. The van der Waals surface area contributed by atoms with Gasteiger partial charge in [0.15, 0.2) is 0 Å². The third kappa shape index (κ3) is 4.37. The second-order valence-corrected chi connectivity index (χ2v) is 9.90. The van der Waals surface area contributed by atoms with Crippen LogP contribution in [0, 0.1) is 11.3 Å². The van der Waals surface area contributed by atoms with Gasteiger partial charge in [-0.15, -0.1) is 11.3 Å². The average molecular weight is 467 g/mol. The Labute approximate surface area is 190 Å². The van der Waals surface area contributed by atoms with Crippen molar-refractivity contribution in [1.82, 2.24) is 10.2 Å². The fourth-order valence-corrected chi connectivity index (χ4v) is 4.75. The third-order valence-electron chi connectivity index (χ3n) is 5.31. The lowest BCUT2D eigenvalue weighted by atomic mass is 9.82. The monoisotopic (exact) mass is 466 g/mol. The van der Waals surface area contributed by atoms with Gasteiger partial charge in [0, 0.05) is 7.05 Å². The molecule has 3 atom stereocenters. The summed E-state index contributed by atoms with van der Waals surface area (Å²) in [4.78, 5) is 40.3. The van der Waals surface area contributed by atoms with E-state index in [0.29, 0.717) is 17.0 Å². The maximum Gasteiger partial charge on any atom is 0.358 e. The number of amides is 1. The van der Waals surface area contributed by atoms with Crippen molar-refractivity contribution in [2.24, 2.45) is 11.3 Å². The average Bonchev–Trinajstić information content (AvgIpc) is 3.28. The molecule has 1 aromatic heterocycles. The number of aliphatic hydroxyl groups excluding tert-OH is 1. The van der Waals surface area contributed by atoms with E-state index in [1.54, 1.807) is 34.7 Å². The van der Waals surface area contributed by atoms with Crippen LogP contribution in [0.1, 0.15) is 44.6 Å². The van der Waals surface area contributed by atoms with Crippen LogP contribution >= 0.6 is 23.6 Å². The van der Waals surface area contributed by atoms with E-state index < -0.39 is 36.2 Å². The molecule has 0 bridgehead atoms. The SMILES string of the molecule is CNC(=S)c1cc(C2=C(C(=O)OCOC(=O)C(C)(C)C)N3C(=O)C([C@@H](C)O)C3C2)cs1. The first kappa shape index (κ1) is 23.4. The minimum absolute atomic E-state index is 0.124. The predicted molar refractivity (Wildman–Crippen MR) is 119 cm³/mol. The van der Waals surface area contributed by atoms with E-state index in [1.165, 1.54) is 16.2 Å². The highest BCUT2D eigenvalue weighted by Gasteiger charge is 2.57. The number of carbonyl (C=O) groups is 3. The number of fused-ring (bicyclic) bond motifs is 1. The van der Waals surface area contributed by atoms with Crippen molar-refractivity contribution in [2.45, 2.75) is 46.3 Å². The number of aliphatic hydroxyl groups is 1. The highest BCUT2D eigenvalue weighted by Crippen LogP contribution is 2.47. The summed E-state index contributed by atoms with van der Waals surface area (Å²) in [5.74, 6) is -2.15. The Balaban J connectivity index is 1.86. The lowest BCUT2D eigenvalue weighted by Crippen LogP contribution is -2.61. The number of hydrogen-bond donors (Lipinski definition) is 2. The van der Waals surface area contributed by atoms with Gasteiger partial charge in [-0.1, -0.05) is 12.2 Å².